The second-order valence-corrected chi connectivity index (χ2v) is 5.36. The number of aliphatic hydroxyl groups excluding tert-OH is 1. The topological polar surface area (TPSA) is 59.0 Å². The Balaban J connectivity index is 1.89. The number of benzene rings is 1. The van der Waals surface area contributed by atoms with Crippen molar-refractivity contribution in [1.82, 2.24) is 4.90 Å². The van der Waals surface area contributed by atoms with E-state index in [1.807, 2.05) is 30.3 Å². The van der Waals surface area contributed by atoms with Gasteiger partial charge in [0.15, 0.2) is 0 Å². The molecule has 1 aliphatic heterocycles. The van der Waals surface area contributed by atoms with Gasteiger partial charge in [-0.3, -0.25) is 4.79 Å². The average molecular weight is 293 g/mol. The van der Waals surface area contributed by atoms with Gasteiger partial charge in [0.2, 0.25) is 5.91 Å². The summed E-state index contributed by atoms with van der Waals surface area (Å²) in [5, 5.41) is 10.2. The molecule has 0 radical (unpaired) electrons. The number of methoxy groups -OCH3 is 1. The Labute approximate surface area is 125 Å². The van der Waals surface area contributed by atoms with E-state index in [-0.39, 0.29) is 18.1 Å². The summed E-state index contributed by atoms with van der Waals surface area (Å²) in [5.41, 5.74) is 1.13. The highest BCUT2D eigenvalue weighted by molar-refractivity contribution is 5.76. The monoisotopic (exact) mass is 293 g/mol. The van der Waals surface area contributed by atoms with E-state index in [1.165, 1.54) is 7.11 Å². The predicted octanol–water partition coefficient (Wildman–Crippen LogP) is 0.852. The van der Waals surface area contributed by atoms with Crippen LogP contribution in [0.15, 0.2) is 30.3 Å². The SMILES string of the molecule is CO[C@@H]1COC[C@@H](N(C)C(=O)CCc2ccccc2)[C@@H]1O. The second kappa shape index (κ2) is 7.54. The highest BCUT2D eigenvalue weighted by atomic mass is 16.5. The van der Waals surface area contributed by atoms with Gasteiger partial charge < -0.3 is 19.5 Å². The summed E-state index contributed by atoms with van der Waals surface area (Å²) < 4.78 is 10.6. The molecule has 1 aliphatic rings. The summed E-state index contributed by atoms with van der Waals surface area (Å²) in [4.78, 5) is 13.9. The molecule has 21 heavy (non-hydrogen) atoms. The number of aliphatic hydroxyl groups is 1. The maximum atomic E-state index is 12.3. The van der Waals surface area contributed by atoms with Gasteiger partial charge in [0.05, 0.1) is 19.3 Å². The summed E-state index contributed by atoms with van der Waals surface area (Å²) in [7, 11) is 3.25. The molecule has 1 amide bonds. The lowest BCUT2D eigenvalue weighted by atomic mass is 10.0. The van der Waals surface area contributed by atoms with E-state index in [2.05, 4.69) is 0 Å². The molecule has 0 spiro atoms. The number of aryl methyl sites for hydroxylation is 1. The summed E-state index contributed by atoms with van der Waals surface area (Å²) in [6.07, 6.45) is 0.0190. The van der Waals surface area contributed by atoms with E-state index in [0.29, 0.717) is 26.1 Å². The van der Waals surface area contributed by atoms with Crippen LogP contribution in [-0.4, -0.2) is 61.5 Å². The second-order valence-electron chi connectivity index (χ2n) is 5.36. The number of hydrogen-bond acceptors (Lipinski definition) is 4. The first-order valence-electron chi connectivity index (χ1n) is 7.21. The fourth-order valence-corrected chi connectivity index (χ4v) is 2.56. The molecule has 0 aliphatic carbocycles. The molecule has 116 valence electrons. The summed E-state index contributed by atoms with van der Waals surface area (Å²) in [6, 6.07) is 9.54. The Morgan fingerprint density at radius 1 is 1.38 bits per heavy atom. The number of carbonyl (C=O) groups excluding carboxylic acids is 1. The molecular formula is C16H23NO4. The van der Waals surface area contributed by atoms with Crippen molar-refractivity contribution < 1.29 is 19.4 Å². The van der Waals surface area contributed by atoms with Crippen LogP contribution in [0.2, 0.25) is 0 Å². The molecule has 2 rings (SSSR count). The van der Waals surface area contributed by atoms with Crippen LogP contribution in [0.3, 0.4) is 0 Å². The van der Waals surface area contributed by atoms with Gasteiger partial charge in [-0.1, -0.05) is 30.3 Å². The third kappa shape index (κ3) is 4.03. The maximum absolute atomic E-state index is 12.3. The summed E-state index contributed by atoms with van der Waals surface area (Å²) >= 11 is 0. The number of carbonyl (C=O) groups is 1. The zero-order chi connectivity index (χ0) is 15.2. The predicted molar refractivity (Wildman–Crippen MR) is 78.9 cm³/mol. The van der Waals surface area contributed by atoms with E-state index < -0.39 is 6.10 Å². The molecule has 5 nitrogen and oxygen atoms in total. The number of rotatable bonds is 5. The first-order chi connectivity index (χ1) is 10.1. The van der Waals surface area contributed by atoms with Gasteiger partial charge in [-0.15, -0.1) is 0 Å². The lowest BCUT2D eigenvalue weighted by Crippen LogP contribution is -2.56. The van der Waals surface area contributed by atoms with Gasteiger partial charge in [-0.05, 0) is 12.0 Å². The minimum atomic E-state index is -0.713. The highest BCUT2D eigenvalue weighted by Gasteiger charge is 2.36. The highest BCUT2D eigenvalue weighted by Crippen LogP contribution is 2.17. The van der Waals surface area contributed by atoms with E-state index in [0.717, 1.165) is 5.56 Å². The van der Waals surface area contributed by atoms with Gasteiger partial charge >= 0.3 is 0 Å². The third-order valence-corrected chi connectivity index (χ3v) is 4.01. The van der Waals surface area contributed by atoms with Gasteiger partial charge in [0, 0.05) is 20.6 Å². The number of likely N-dealkylation sites (N-methyl/N-ethyl adjacent to an activating group) is 1. The van der Waals surface area contributed by atoms with Crippen molar-refractivity contribution in [3.63, 3.8) is 0 Å². The van der Waals surface area contributed by atoms with Crippen molar-refractivity contribution in [3.05, 3.63) is 35.9 Å². The lowest BCUT2D eigenvalue weighted by Gasteiger charge is -2.38. The normalized spacial score (nSPS) is 25.6. The Kier molecular flexibility index (Phi) is 5.73. The maximum Gasteiger partial charge on any atom is 0.223 e. The van der Waals surface area contributed by atoms with Gasteiger partial charge in [0.25, 0.3) is 0 Å². The number of nitrogens with zero attached hydrogens (tertiary/aromatic N) is 1. The van der Waals surface area contributed by atoms with Crippen molar-refractivity contribution in [2.75, 3.05) is 27.4 Å². The van der Waals surface area contributed by atoms with Crippen molar-refractivity contribution in [2.24, 2.45) is 0 Å². The molecule has 1 aromatic rings. The molecule has 0 saturated carbocycles. The largest absolute Gasteiger partial charge is 0.388 e. The molecule has 3 atom stereocenters. The first-order valence-corrected chi connectivity index (χ1v) is 7.21. The fraction of sp³-hybridized carbons (Fsp3) is 0.562. The van der Waals surface area contributed by atoms with Crippen LogP contribution in [0.4, 0.5) is 0 Å². The van der Waals surface area contributed by atoms with E-state index >= 15 is 0 Å². The molecule has 0 unspecified atom stereocenters. The van der Waals surface area contributed by atoms with Crippen LogP contribution in [0.25, 0.3) is 0 Å². The van der Waals surface area contributed by atoms with E-state index in [9.17, 15) is 9.90 Å². The van der Waals surface area contributed by atoms with Crippen LogP contribution < -0.4 is 0 Å². The fourth-order valence-electron chi connectivity index (χ4n) is 2.56. The zero-order valence-electron chi connectivity index (χ0n) is 12.6. The van der Waals surface area contributed by atoms with Crippen LogP contribution in [-0.2, 0) is 20.7 Å². The zero-order valence-corrected chi connectivity index (χ0v) is 12.6. The van der Waals surface area contributed by atoms with Gasteiger partial charge in [0.1, 0.15) is 12.2 Å². The molecular weight excluding hydrogens is 270 g/mol. The lowest BCUT2D eigenvalue weighted by molar-refractivity contribution is -0.158. The van der Waals surface area contributed by atoms with Crippen LogP contribution in [0.1, 0.15) is 12.0 Å². The van der Waals surface area contributed by atoms with Gasteiger partial charge in [-0.2, -0.15) is 0 Å². The smallest absolute Gasteiger partial charge is 0.223 e. The molecule has 1 fully saturated rings. The molecule has 0 bridgehead atoms. The summed E-state index contributed by atoms with van der Waals surface area (Å²) in [6.45, 7) is 0.703. The van der Waals surface area contributed by atoms with Crippen molar-refractivity contribution in [2.45, 2.75) is 31.1 Å². The molecule has 5 heteroatoms. The van der Waals surface area contributed by atoms with Crippen molar-refractivity contribution >= 4 is 5.91 Å². The van der Waals surface area contributed by atoms with Crippen molar-refractivity contribution in [3.8, 4) is 0 Å². The number of ether oxygens (including phenoxy) is 2. The standard InChI is InChI=1S/C16H23NO4/c1-17(13-10-21-11-14(20-2)16(13)19)15(18)9-8-12-6-4-3-5-7-12/h3-7,13-14,16,19H,8-11H2,1-2H3/t13-,14-,16+/m1/s1. The number of amides is 1. The minimum Gasteiger partial charge on any atom is -0.388 e. The molecule has 1 aromatic carbocycles. The Morgan fingerprint density at radius 3 is 2.76 bits per heavy atom. The Hall–Kier alpha value is -1.43. The van der Waals surface area contributed by atoms with Crippen LogP contribution in [0.5, 0.6) is 0 Å². The molecule has 1 N–H and O–H groups in total. The Morgan fingerprint density at radius 2 is 2.10 bits per heavy atom. The van der Waals surface area contributed by atoms with Crippen LogP contribution >= 0.6 is 0 Å². The third-order valence-electron chi connectivity index (χ3n) is 4.01. The van der Waals surface area contributed by atoms with E-state index in [1.54, 1.807) is 11.9 Å². The molecule has 1 heterocycles. The van der Waals surface area contributed by atoms with E-state index in [4.69, 9.17) is 9.47 Å². The molecule has 1 saturated heterocycles. The average Bonchev–Trinajstić information content (AvgIpc) is 2.53. The summed E-state index contributed by atoms with van der Waals surface area (Å²) in [5.74, 6) is 0.00301. The minimum absolute atomic E-state index is 0.00301. The number of hydrogen-bond donors (Lipinski definition) is 1. The molecule has 0 aromatic heterocycles. The Bertz CT molecular complexity index is 451. The van der Waals surface area contributed by atoms with Gasteiger partial charge in [-0.25, -0.2) is 0 Å². The first kappa shape index (κ1) is 15.9. The van der Waals surface area contributed by atoms with Crippen molar-refractivity contribution in [1.29, 1.82) is 0 Å². The quantitative estimate of drug-likeness (QED) is 0.874. The van der Waals surface area contributed by atoms with Crippen LogP contribution in [0, 0.1) is 0 Å².